The van der Waals surface area contributed by atoms with Crippen LogP contribution in [0.5, 0.6) is 0 Å². The summed E-state index contributed by atoms with van der Waals surface area (Å²) in [5, 5.41) is 0. The number of Topliss-reactive ketones (excluding diaryl/α,β-unsaturated/α-hetero) is 1. The molecule has 0 N–H and O–H groups in total. The molecule has 0 aliphatic carbocycles. The summed E-state index contributed by atoms with van der Waals surface area (Å²) in [6.45, 7) is 12.8. The lowest BCUT2D eigenvalue weighted by Gasteiger charge is -2.28. The molecule has 92 valence electrons. The lowest BCUT2D eigenvalue weighted by Crippen LogP contribution is -2.35. The molecule has 0 heterocycles. The van der Waals surface area contributed by atoms with Crippen molar-refractivity contribution in [2.45, 2.75) is 47.1 Å². The third kappa shape index (κ3) is 3.80. The number of ether oxygens (including phenoxy) is 1. The second kappa shape index (κ2) is 5.83. The van der Waals surface area contributed by atoms with Crippen LogP contribution < -0.4 is 0 Å². The van der Waals surface area contributed by atoms with Crippen LogP contribution in [0.25, 0.3) is 0 Å². The van der Waals surface area contributed by atoms with Crippen LogP contribution in [0, 0.1) is 11.3 Å². The summed E-state index contributed by atoms with van der Waals surface area (Å²) >= 11 is 0. The molecule has 0 spiro atoms. The molecule has 0 aliphatic rings. The van der Waals surface area contributed by atoms with E-state index in [1.165, 1.54) is 0 Å². The minimum absolute atomic E-state index is 0.263. The van der Waals surface area contributed by atoms with Gasteiger partial charge in [-0.1, -0.05) is 26.8 Å². The fourth-order valence-corrected chi connectivity index (χ4v) is 1.61. The maximum atomic E-state index is 11.9. The fourth-order valence-electron chi connectivity index (χ4n) is 1.61. The molecule has 0 aromatic carbocycles. The van der Waals surface area contributed by atoms with Crippen LogP contribution in [0.1, 0.15) is 41.0 Å². The Balaban J connectivity index is 4.79. The molecule has 0 radical (unpaired) electrons. The number of carbonyl (C=O) groups is 2. The van der Waals surface area contributed by atoms with Crippen molar-refractivity contribution >= 4 is 11.8 Å². The molecule has 0 fully saturated rings. The van der Waals surface area contributed by atoms with Gasteiger partial charge in [0.05, 0.1) is 6.10 Å². The van der Waals surface area contributed by atoms with Crippen molar-refractivity contribution in [2.75, 3.05) is 0 Å². The van der Waals surface area contributed by atoms with E-state index >= 15 is 0 Å². The van der Waals surface area contributed by atoms with E-state index in [1.807, 2.05) is 20.8 Å². The summed E-state index contributed by atoms with van der Waals surface area (Å²) in [5.74, 6) is -1.56. The van der Waals surface area contributed by atoms with Crippen LogP contribution in [0.3, 0.4) is 0 Å². The van der Waals surface area contributed by atoms with Crippen LogP contribution in [-0.4, -0.2) is 17.9 Å². The average Bonchev–Trinajstić information content (AvgIpc) is 2.17. The van der Waals surface area contributed by atoms with Gasteiger partial charge in [-0.3, -0.25) is 4.79 Å². The summed E-state index contributed by atoms with van der Waals surface area (Å²) in [4.78, 5) is 23.4. The van der Waals surface area contributed by atoms with Crippen LogP contribution in [-0.2, 0) is 14.3 Å². The monoisotopic (exact) mass is 226 g/mol. The quantitative estimate of drug-likeness (QED) is 0.397. The third-order valence-corrected chi connectivity index (χ3v) is 2.69. The Morgan fingerprint density at radius 2 is 1.88 bits per heavy atom. The summed E-state index contributed by atoms with van der Waals surface area (Å²) in [6, 6.07) is 0. The van der Waals surface area contributed by atoms with E-state index in [2.05, 4.69) is 6.58 Å². The molecule has 3 nitrogen and oxygen atoms in total. The molecule has 0 saturated heterocycles. The summed E-state index contributed by atoms with van der Waals surface area (Å²) in [6.07, 6.45) is 2.05. The molecule has 0 rings (SSSR count). The van der Waals surface area contributed by atoms with E-state index in [0.29, 0.717) is 6.42 Å². The average molecular weight is 226 g/mol. The summed E-state index contributed by atoms with van der Waals surface area (Å²) in [5.41, 5.74) is -0.387. The molecule has 3 heteroatoms. The maximum absolute atomic E-state index is 11.9. The number of ketones is 1. The highest BCUT2D eigenvalue weighted by molar-refractivity contribution is 6.34. The number of carbonyl (C=O) groups excluding carboxylic acids is 2. The molecular formula is C13H22O3. The minimum atomic E-state index is -0.739. The zero-order chi connectivity index (χ0) is 12.9. The van der Waals surface area contributed by atoms with E-state index < -0.39 is 11.8 Å². The zero-order valence-corrected chi connectivity index (χ0v) is 10.9. The van der Waals surface area contributed by atoms with Crippen LogP contribution >= 0.6 is 0 Å². The number of hydrogen-bond donors (Lipinski definition) is 0. The Labute approximate surface area is 97.9 Å². The first kappa shape index (κ1) is 14.9. The molecule has 16 heavy (non-hydrogen) atoms. The molecule has 0 amide bonds. The highest BCUT2D eigenvalue weighted by Gasteiger charge is 2.35. The Bertz CT molecular complexity index is 277. The van der Waals surface area contributed by atoms with Crippen LogP contribution in [0.15, 0.2) is 12.7 Å². The number of hydrogen-bond acceptors (Lipinski definition) is 3. The molecule has 0 bridgehead atoms. The lowest BCUT2D eigenvalue weighted by molar-refractivity contribution is -0.159. The minimum Gasteiger partial charge on any atom is -0.457 e. The maximum Gasteiger partial charge on any atom is 0.375 e. The zero-order valence-electron chi connectivity index (χ0n) is 10.9. The van der Waals surface area contributed by atoms with Gasteiger partial charge in [0.15, 0.2) is 0 Å². The van der Waals surface area contributed by atoms with E-state index in [0.717, 1.165) is 0 Å². The standard InChI is InChI=1S/C13H22O3/c1-7-10(13(5,6)8-2)11(14)12(15)16-9(3)4/h8-10H,2,7H2,1,3-6H3/t10-/m0/s1. The van der Waals surface area contributed by atoms with E-state index in [4.69, 9.17) is 4.74 Å². The number of allylic oxidation sites excluding steroid dienone is 1. The van der Waals surface area contributed by atoms with Gasteiger partial charge in [0.25, 0.3) is 0 Å². The predicted octanol–water partition coefficient (Wildman–Crippen LogP) is 2.75. The Kier molecular flexibility index (Phi) is 5.42. The van der Waals surface area contributed by atoms with Gasteiger partial charge in [-0.15, -0.1) is 6.58 Å². The molecular weight excluding hydrogens is 204 g/mol. The highest BCUT2D eigenvalue weighted by Crippen LogP contribution is 2.31. The van der Waals surface area contributed by atoms with Crippen molar-refractivity contribution < 1.29 is 14.3 Å². The largest absolute Gasteiger partial charge is 0.457 e. The Hall–Kier alpha value is -1.12. The fraction of sp³-hybridized carbons (Fsp3) is 0.692. The molecule has 0 unspecified atom stereocenters. The number of rotatable bonds is 6. The van der Waals surface area contributed by atoms with E-state index in [9.17, 15) is 9.59 Å². The molecule has 0 aliphatic heterocycles. The van der Waals surface area contributed by atoms with Crippen molar-refractivity contribution in [3.8, 4) is 0 Å². The second-order valence-corrected chi connectivity index (χ2v) is 4.80. The van der Waals surface area contributed by atoms with Gasteiger partial charge in [0.2, 0.25) is 5.78 Å². The predicted molar refractivity (Wildman–Crippen MR) is 64.0 cm³/mol. The number of esters is 1. The van der Waals surface area contributed by atoms with Gasteiger partial charge in [-0.25, -0.2) is 4.79 Å². The van der Waals surface area contributed by atoms with Gasteiger partial charge in [-0.2, -0.15) is 0 Å². The highest BCUT2D eigenvalue weighted by atomic mass is 16.5. The smallest absolute Gasteiger partial charge is 0.375 e. The SMILES string of the molecule is C=CC(C)(C)[C@@H](CC)C(=O)C(=O)OC(C)C. The van der Waals surface area contributed by atoms with Crippen LogP contribution in [0.4, 0.5) is 0 Å². The second-order valence-electron chi connectivity index (χ2n) is 4.80. The topological polar surface area (TPSA) is 43.4 Å². The van der Waals surface area contributed by atoms with Gasteiger partial charge < -0.3 is 4.74 Å². The summed E-state index contributed by atoms with van der Waals surface area (Å²) < 4.78 is 4.91. The van der Waals surface area contributed by atoms with Crippen molar-refractivity contribution in [3.63, 3.8) is 0 Å². The third-order valence-electron chi connectivity index (χ3n) is 2.69. The van der Waals surface area contributed by atoms with Crippen molar-refractivity contribution in [1.82, 2.24) is 0 Å². The molecule has 0 aromatic rings. The van der Waals surface area contributed by atoms with E-state index in [-0.39, 0.29) is 17.4 Å². The summed E-state index contributed by atoms with van der Waals surface area (Å²) in [7, 11) is 0. The van der Waals surface area contributed by atoms with Crippen molar-refractivity contribution in [1.29, 1.82) is 0 Å². The Morgan fingerprint density at radius 3 is 2.19 bits per heavy atom. The van der Waals surface area contributed by atoms with Gasteiger partial charge >= 0.3 is 5.97 Å². The normalized spacial score (nSPS) is 13.4. The molecule has 0 aromatic heterocycles. The molecule has 1 atom stereocenters. The lowest BCUT2D eigenvalue weighted by atomic mass is 9.75. The van der Waals surface area contributed by atoms with Crippen LogP contribution in [0.2, 0.25) is 0 Å². The molecule has 0 saturated carbocycles. The Morgan fingerprint density at radius 1 is 1.38 bits per heavy atom. The first-order valence-electron chi connectivity index (χ1n) is 5.64. The van der Waals surface area contributed by atoms with Crippen molar-refractivity contribution in [2.24, 2.45) is 11.3 Å². The first-order chi connectivity index (χ1) is 7.26. The van der Waals surface area contributed by atoms with Gasteiger partial charge in [0, 0.05) is 5.92 Å². The van der Waals surface area contributed by atoms with E-state index in [1.54, 1.807) is 19.9 Å². The van der Waals surface area contributed by atoms with Crippen molar-refractivity contribution in [3.05, 3.63) is 12.7 Å². The van der Waals surface area contributed by atoms with Gasteiger partial charge in [0.1, 0.15) is 0 Å². The first-order valence-corrected chi connectivity index (χ1v) is 5.64. The van der Waals surface area contributed by atoms with Gasteiger partial charge in [-0.05, 0) is 25.7 Å².